The molecule has 3 aromatic rings. The van der Waals surface area contributed by atoms with E-state index < -0.39 is 23.0 Å². The first kappa shape index (κ1) is 14.2. The van der Waals surface area contributed by atoms with Gasteiger partial charge in [0.1, 0.15) is 5.56 Å². The van der Waals surface area contributed by atoms with Crippen LogP contribution in [0, 0.1) is 18.6 Å². The zero-order valence-corrected chi connectivity index (χ0v) is 11.9. The number of nitrogens with one attached hydrogen (secondary N) is 1. The molecule has 0 spiro atoms. The van der Waals surface area contributed by atoms with Gasteiger partial charge in [-0.15, -0.1) is 0 Å². The van der Waals surface area contributed by atoms with Crippen molar-refractivity contribution in [3.8, 4) is 0 Å². The maximum absolute atomic E-state index is 13.5. The van der Waals surface area contributed by atoms with Crippen molar-refractivity contribution in [1.29, 1.82) is 0 Å². The van der Waals surface area contributed by atoms with E-state index in [1.54, 1.807) is 19.9 Å². The number of hydrogen-bond donors (Lipinski definition) is 1. The molecule has 114 valence electrons. The van der Waals surface area contributed by atoms with Crippen molar-refractivity contribution >= 4 is 22.4 Å². The fourth-order valence-electron chi connectivity index (χ4n) is 2.47. The molecule has 1 aromatic carbocycles. The predicted molar refractivity (Wildman–Crippen MR) is 76.1 cm³/mol. The van der Waals surface area contributed by atoms with Crippen molar-refractivity contribution in [2.24, 2.45) is 0 Å². The van der Waals surface area contributed by atoms with E-state index in [1.807, 2.05) is 0 Å². The van der Waals surface area contributed by atoms with Crippen LogP contribution in [-0.4, -0.2) is 22.2 Å². The number of aromatic amines is 1. The Hall–Kier alpha value is -2.70. The average Bonchev–Trinajstić information content (AvgIpc) is 2.83. The largest absolute Gasteiger partial charge is 0.462 e. The van der Waals surface area contributed by atoms with Crippen molar-refractivity contribution < 1.29 is 18.3 Å². The standard InChI is InChI=1S/C15H12F2N2O3/c1-3-22-15(21)13-12-4-7(2)18-19(12)11-6-10(17)9(16)5-8(11)14(13)20/h4-6,18H,3H2,1-2H3. The van der Waals surface area contributed by atoms with Gasteiger partial charge >= 0.3 is 5.97 Å². The Balaban J connectivity index is 2.53. The highest BCUT2D eigenvalue weighted by Gasteiger charge is 2.22. The van der Waals surface area contributed by atoms with Crippen molar-refractivity contribution in [3.05, 3.63) is 51.3 Å². The smallest absolute Gasteiger partial charge is 0.344 e. The van der Waals surface area contributed by atoms with Crippen molar-refractivity contribution in [1.82, 2.24) is 9.61 Å². The molecule has 2 heterocycles. The van der Waals surface area contributed by atoms with Crippen LogP contribution in [0.4, 0.5) is 8.78 Å². The average molecular weight is 306 g/mol. The van der Waals surface area contributed by atoms with Crippen molar-refractivity contribution in [3.63, 3.8) is 0 Å². The minimum absolute atomic E-state index is 0.0960. The van der Waals surface area contributed by atoms with Gasteiger partial charge in [-0.25, -0.2) is 13.6 Å². The van der Waals surface area contributed by atoms with Crippen LogP contribution in [0.5, 0.6) is 0 Å². The summed E-state index contributed by atoms with van der Waals surface area (Å²) in [5, 5.41) is 2.80. The zero-order valence-electron chi connectivity index (χ0n) is 11.9. The number of aryl methyl sites for hydroxylation is 1. The quantitative estimate of drug-likeness (QED) is 0.740. The van der Waals surface area contributed by atoms with Crippen LogP contribution in [0.3, 0.4) is 0 Å². The first-order valence-electron chi connectivity index (χ1n) is 6.64. The molecule has 0 atom stereocenters. The number of aromatic nitrogens is 2. The monoisotopic (exact) mass is 306 g/mol. The number of carbonyl (C=O) groups excluding carboxylic acids is 1. The number of benzene rings is 1. The number of H-pyrrole nitrogens is 1. The summed E-state index contributed by atoms with van der Waals surface area (Å²) in [6.45, 7) is 3.44. The normalized spacial score (nSPS) is 11.3. The topological polar surface area (TPSA) is 63.6 Å². The summed E-state index contributed by atoms with van der Waals surface area (Å²) >= 11 is 0. The van der Waals surface area contributed by atoms with Gasteiger partial charge in [-0.2, -0.15) is 0 Å². The van der Waals surface area contributed by atoms with Crippen LogP contribution in [0.2, 0.25) is 0 Å². The Bertz CT molecular complexity index is 972. The lowest BCUT2D eigenvalue weighted by Crippen LogP contribution is -2.20. The van der Waals surface area contributed by atoms with Crippen LogP contribution in [0.1, 0.15) is 23.0 Å². The van der Waals surface area contributed by atoms with E-state index in [-0.39, 0.29) is 28.6 Å². The summed E-state index contributed by atoms with van der Waals surface area (Å²) in [4.78, 5) is 24.6. The lowest BCUT2D eigenvalue weighted by Gasteiger charge is -2.08. The fraction of sp³-hybridized carbons (Fsp3) is 0.200. The van der Waals surface area contributed by atoms with Gasteiger partial charge in [0.15, 0.2) is 11.6 Å². The first-order valence-corrected chi connectivity index (χ1v) is 6.64. The highest BCUT2D eigenvalue weighted by molar-refractivity contribution is 6.01. The number of nitrogens with zero attached hydrogens (tertiary/aromatic N) is 1. The highest BCUT2D eigenvalue weighted by Crippen LogP contribution is 2.21. The summed E-state index contributed by atoms with van der Waals surface area (Å²) < 4.78 is 33.2. The molecule has 0 amide bonds. The van der Waals surface area contributed by atoms with Gasteiger partial charge < -0.3 is 4.74 Å². The van der Waals surface area contributed by atoms with Gasteiger partial charge in [0, 0.05) is 11.8 Å². The summed E-state index contributed by atoms with van der Waals surface area (Å²) in [5.41, 5.74) is 0.178. The third-order valence-electron chi connectivity index (χ3n) is 3.37. The molecule has 0 aliphatic rings. The van der Waals surface area contributed by atoms with Crippen molar-refractivity contribution in [2.45, 2.75) is 13.8 Å². The highest BCUT2D eigenvalue weighted by atomic mass is 19.2. The molecule has 22 heavy (non-hydrogen) atoms. The van der Waals surface area contributed by atoms with E-state index in [0.717, 1.165) is 12.1 Å². The molecular formula is C15H12F2N2O3. The number of ether oxygens (including phenoxy) is 1. The molecule has 2 aromatic heterocycles. The Morgan fingerprint density at radius 3 is 2.59 bits per heavy atom. The Kier molecular flexibility index (Phi) is 3.20. The van der Waals surface area contributed by atoms with Gasteiger partial charge in [0.2, 0.25) is 5.43 Å². The zero-order chi connectivity index (χ0) is 16.0. The van der Waals surface area contributed by atoms with E-state index in [1.165, 1.54) is 4.52 Å². The maximum Gasteiger partial charge on any atom is 0.344 e. The van der Waals surface area contributed by atoms with Crippen LogP contribution >= 0.6 is 0 Å². The Morgan fingerprint density at radius 2 is 1.91 bits per heavy atom. The Morgan fingerprint density at radius 1 is 1.23 bits per heavy atom. The molecule has 0 aliphatic carbocycles. The molecule has 0 bridgehead atoms. The summed E-state index contributed by atoms with van der Waals surface area (Å²) in [5.74, 6) is -3.02. The molecule has 0 fully saturated rings. The van der Waals surface area contributed by atoms with E-state index in [2.05, 4.69) is 5.10 Å². The number of pyridine rings is 1. The summed E-state index contributed by atoms with van der Waals surface area (Å²) in [6, 6.07) is 3.29. The maximum atomic E-state index is 13.5. The van der Waals surface area contributed by atoms with Crippen LogP contribution in [0.25, 0.3) is 16.4 Å². The van der Waals surface area contributed by atoms with E-state index in [4.69, 9.17) is 4.74 Å². The third-order valence-corrected chi connectivity index (χ3v) is 3.37. The molecule has 0 aliphatic heterocycles. The Labute approximate surface area is 123 Å². The second kappa shape index (κ2) is 4.94. The van der Waals surface area contributed by atoms with E-state index in [0.29, 0.717) is 5.69 Å². The lowest BCUT2D eigenvalue weighted by atomic mass is 10.1. The lowest BCUT2D eigenvalue weighted by molar-refractivity contribution is 0.0527. The van der Waals surface area contributed by atoms with Gasteiger partial charge in [-0.1, -0.05) is 0 Å². The van der Waals surface area contributed by atoms with Gasteiger partial charge in [-0.05, 0) is 26.0 Å². The van der Waals surface area contributed by atoms with E-state index in [9.17, 15) is 18.4 Å². The number of esters is 1. The van der Waals surface area contributed by atoms with Crippen LogP contribution < -0.4 is 5.43 Å². The van der Waals surface area contributed by atoms with Gasteiger partial charge in [0.05, 0.1) is 23.0 Å². The second-order valence-corrected chi connectivity index (χ2v) is 4.87. The number of carbonyl (C=O) groups is 1. The molecule has 3 rings (SSSR count). The number of fused-ring (bicyclic) bond motifs is 3. The molecule has 0 radical (unpaired) electrons. The first-order chi connectivity index (χ1) is 10.4. The third kappa shape index (κ3) is 1.97. The SMILES string of the molecule is CCOC(=O)c1c(=O)c2cc(F)c(F)cc2n2[nH]c(C)cc12. The molecule has 0 unspecified atom stereocenters. The van der Waals surface area contributed by atoms with Crippen LogP contribution in [-0.2, 0) is 4.74 Å². The molecule has 0 saturated carbocycles. The minimum atomic E-state index is -1.15. The number of halogens is 2. The second-order valence-electron chi connectivity index (χ2n) is 4.87. The van der Waals surface area contributed by atoms with Crippen molar-refractivity contribution in [2.75, 3.05) is 6.61 Å². The molecular weight excluding hydrogens is 294 g/mol. The van der Waals surface area contributed by atoms with Gasteiger partial charge in [0.25, 0.3) is 0 Å². The molecule has 7 heteroatoms. The van der Waals surface area contributed by atoms with Crippen LogP contribution in [0.15, 0.2) is 23.0 Å². The minimum Gasteiger partial charge on any atom is -0.462 e. The predicted octanol–water partition coefficient (Wildman–Crippen LogP) is 2.54. The summed E-state index contributed by atoms with van der Waals surface area (Å²) in [7, 11) is 0. The fourth-order valence-corrected chi connectivity index (χ4v) is 2.47. The molecule has 5 nitrogen and oxygen atoms in total. The number of hydrogen-bond acceptors (Lipinski definition) is 3. The van der Waals surface area contributed by atoms with Gasteiger partial charge in [-0.3, -0.25) is 14.4 Å². The molecule has 1 N–H and O–H groups in total. The van der Waals surface area contributed by atoms with E-state index >= 15 is 0 Å². The summed E-state index contributed by atoms with van der Waals surface area (Å²) in [6.07, 6.45) is 0. The molecule has 0 saturated heterocycles. The number of rotatable bonds is 2.